The van der Waals surface area contributed by atoms with Crippen LogP contribution in [0, 0.1) is 5.92 Å². The van der Waals surface area contributed by atoms with Gasteiger partial charge in [0.05, 0.1) is 5.39 Å². The SMILES string of the molecule is CCc1cc2c(N3CCC(C)C3)nc(NC)nc2s1. The number of rotatable bonds is 3. The molecule has 1 fully saturated rings. The highest BCUT2D eigenvalue weighted by Crippen LogP contribution is 2.34. The molecule has 0 saturated carbocycles. The Labute approximate surface area is 117 Å². The van der Waals surface area contributed by atoms with Crippen molar-refractivity contribution in [2.75, 3.05) is 30.4 Å². The first-order valence-corrected chi connectivity index (χ1v) is 7.76. The summed E-state index contributed by atoms with van der Waals surface area (Å²) in [4.78, 5) is 14.2. The van der Waals surface area contributed by atoms with Crippen LogP contribution in [0.3, 0.4) is 0 Å². The van der Waals surface area contributed by atoms with Crippen LogP contribution in [0.2, 0.25) is 0 Å². The summed E-state index contributed by atoms with van der Waals surface area (Å²) in [6.07, 6.45) is 2.32. The Hall–Kier alpha value is -1.36. The molecule has 102 valence electrons. The molecule has 1 atom stereocenters. The smallest absolute Gasteiger partial charge is 0.225 e. The molecule has 1 saturated heterocycles. The average Bonchev–Trinajstić information content (AvgIpc) is 3.02. The Morgan fingerprint density at radius 3 is 2.95 bits per heavy atom. The van der Waals surface area contributed by atoms with E-state index in [1.807, 2.05) is 7.05 Å². The van der Waals surface area contributed by atoms with Crippen LogP contribution in [0.25, 0.3) is 10.2 Å². The third-order valence-corrected chi connectivity index (χ3v) is 4.89. The number of nitrogens with zero attached hydrogens (tertiary/aromatic N) is 3. The Morgan fingerprint density at radius 1 is 1.47 bits per heavy atom. The third kappa shape index (κ3) is 2.27. The fraction of sp³-hybridized carbons (Fsp3) is 0.571. The predicted molar refractivity (Wildman–Crippen MR) is 82.3 cm³/mol. The molecule has 0 aromatic carbocycles. The molecule has 1 aliphatic rings. The lowest BCUT2D eigenvalue weighted by Crippen LogP contribution is -2.21. The Morgan fingerprint density at radius 2 is 2.32 bits per heavy atom. The number of fused-ring (bicyclic) bond motifs is 1. The topological polar surface area (TPSA) is 41.1 Å². The van der Waals surface area contributed by atoms with Gasteiger partial charge in [-0.15, -0.1) is 11.3 Å². The van der Waals surface area contributed by atoms with E-state index in [-0.39, 0.29) is 0 Å². The largest absolute Gasteiger partial charge is 0.357 e. The quantitative estimate of drug-likeness (QED) is 0.935. The number of nitrogens with one attached hydrogen (secondary N) is 1. The molecule has 1 aliphatic heterocycles. The molecule has 1 N–H and O–H groups in total. The lowest BCUT2D eigenvalue weighted by molar-refractivity contribution is 0.659. The fourth-order valence-electron chi connectivity index (χ4n) is 2.61. The maximum atomic E-state index is 4.69. The Kier molecular flexibility index (Phi) is 3.31. The molecular formula is C14H20N4S. The second-order valence-corrected chi connectivity index (χ2v) is 6.36. The summed E-state index contributed by atoms with van der Waals surface area (Å²) in [5.74, 6) is 2.59. The van der Waals surface area contributed by atoms with Gasteiger partial charge in [0.2, 0.25) is 5.95 Å². The molecular weight excluding hydrogens is 256 g/mol. The second kappa shape index (κ2) is 4.96. The van der Waals surface area contributed by atoms with Crippen molar-refractivity contribution in [2.45, 2.75) is 26.7 Å². The van der Waals surface area contributed by atoms with Crippen LogP contribution in [0.4, 0.5) is 11.8 Å². The summed E-state index contributed by atoms with van der Waals surface area (Å²) in [7, 11) is 1.88. The number of aryl methyl sites for hydroxylation is 1. The van der Waals surface area contributed by atoms with E-state index in [0.717, 1.165) is 42.0 Å². The molecule has 0 bridgehead atoms. The molecule has 3 rings (SSSR count). The minimum atomic E-state index is 0.728. The minimum absolute atomic E-state index is 0.728. The molecule has 0 amide bonds. The predicted octanol–water partition coefficient (Wildman–Crippen LogP) is 3.14. The van der Waals surface area contributed by atoms with Crippen LogP contribution in [-0.2, 0) is 6.42 Å². The summed E-state index contributed by atoms with van der Waals surface area (Å²) in [5, 5.41) is 4.30. The summed E-state index contributed by atoms with van der Waals surface area (Å²) >= 11 is 1.78. The summed E-state index contributed by atoms with van der Waals surface area (Å²) < 4.78 is 0. The van der Waals surface area contributed by atoms with Crippen molar-refractivity contribution >= 4 is 33.3 Å². The summed E-state index contributed by atoms with van der Waals surface area (Å²) in [6.45, 7) is 6.71. The van der Waals surface area contributed by atoms with Crippen LogP contribution in [0.5, 0.6) is 0 Å². The van der Waals surface area contributed by atoms with Gasteiger partial charge < -0.3 is 10.2 Å². The lowest BCUT2D eigenvalue weighted by Gasteiger charge is -2.18. The van der Waals surface area contributed by atoms with E-state index in [9.17, 15) is 0 Å². The highest BCUT2D eigenvalue weighted by atomic mass is 32.1. The number of anilines is 2. The monoisotopic (exact) mass is 276 g/mol. The van der Waals surface area contributed by atoms with Crippen LogP contribution in [0.1, 0.15) is 25.1 Å². The van der Waals surface area contributed by atoms with Crippen molar-refractivity contribution in [1.29, 1.82) is 0 Å². The molecule has 5 heteroatoms. The summed E-state index contributed by atoms with van der Waals surface area (Å²) in [5.41, 5.74) is 0. The third-order valence-electron chi connectivity index (χ3n) is 3.72. The van der Waals surface area contributed by atoms with Gasteiger partial charge in [-0.3, -0.25) is 0 Å². The van der Waals surface area contributed by atoms with Gasteiger partial charge in [-0.25, -0.2) is 4.98 Å². The molecule has 2 aromatic rings. The number of hydrogen-bond donors (Lipinski definition) is 1. The van der Waals surface area contributed by atoms with Crippen molar-refractivity contribution in [3.05, 3.63) is 10.9 Å². The highest BCUT2D eigenvalue weighted by molar-refractivity contribution is 7.18. The van der Waals surface area contributed by atoms with Gasteiger partial charge >= 0.3 is 0 Å². The van der Waals surface area contributed by atoms with Gasteiger partial charge in [0.15, 0.2) is 0 Å². The maximum Gasteiger partial charge on any atom is 0.225 e. The molecule has 19 heavy (non-hydrogen) atoms. The van der Waals surface area contributed by atoms with Crippen LogP contribution in [0.15, 0.2) is 6.07 Å². The van der Waals surface area contributed by atoms with E-state index in [2.05, 4.69) is 35.1 Å². The molecule has 3 heterocycles. The lowest BCUT2D eigenvalue weighted by atomic mass is 10.2. The van der Waals surface area contributed by atoms with Crippen LogP contribution in [-0.4, -0.2) is 30.1 Å². The summed E-state index contributed by atoms with van der Waals surface area (Å²) in [6, 6.07) is 2.26. The van der Waals surface area contributed by atoms with Crippen molar-refractivity contribution in [1.82, 2.24) is 9.97 Å². The maximum absolute atomic E-state index is 4.69. The first kappa shape index (κ1) is 12.7. The van der Waals surface area contributed by atoms with Gasteiger partial charge in [0.25, 0.3) is 0 Å². The van der Waals surface area contributed by atoms with Crippen molar-refractivity contribution in [3.63, 3.8) is 0 Å². The van der Waals surface area contributed by atoms with Crippen LogP contribution >= 0.6 is 11.3 Å². The zero-order chi connectivity index (χ0) is 13.4. The molecule has 0 radical (unpaired) electrons. The number of aromatic nitrogens is 2. The molecule has 1 unspecified atom stereocenters. The zero-order valence-electron chi connectivity index (χ0n) is 11.7. The minimum Gasteiger partial charge on any atom is -0.357 e. The van der Waals surface area contributed by atoms with Crippen LogP contribution < -0.4 is 10.2 Å². The van der Waals surface area contributed by atoms with Crippen molar-refractivity contribution in [2.24, 2.45) is 5.92 Å². The number of hydrogen-bond acceptors (Lipinski definition) is 5. The van der Waals surface area contributed by atoms with E-state index in [1.54, 1.807) is 11.3 Å². The Bertz CT molecular complexity index is 592. The zero-order valence-corrected chi connectivity index (χ0v) is 12.5. The van der Waals surface area contributed by atoms with Gasteiger partial charge in [-0.1, -0.05) is 13.8 Å². The normalized spacial score (nSPS) is 19.3. The van der Waals surface area contributed by atoms with Gasteiger partial charge in [0.1, 0.15) is 10.6 Å². The number of thiophene rings is 1. The van der Waals surface area contributed by atoms with E-state index >= 15 is 0 Å². The van der Waals surface area contributed by atoms with E-state index in [4.69, 9.17) is 4.98 Å². The van der Waals surface area contributed by atoms with Gasteiger partial charge in [-0.05, 0) is 24.8 Å². The van der Waals surface area contributed by atoms with Gasteiger partial charge in [-0.2, -0.15) is 4.98 Å². The average molecular weight is 276 g/mol. The molecule has 0 spiro atoms. The van der Waals surface area contributed by atoms with Crippen molar-refractivity contribution in [3.8, 4) is 0 Å². The van der Waals surface area contributed by atoms with E-state index in [0.29, 0.717) is 0 Å². The first-order valence-electron chi connectivity index (χ1n) is 6.94. The van der Waals surface area contributed by atoms with E-state index in [1.165, 1.54) is 16.7 Å². The molecule has 0 aliphatic carbocycles. The van der Waals surface area contributed by atoms with Gasteiger partial charge in [0, 0.05) is 25.0 Å². The first-order chi connectivity index (χ1) is 9.21. The second-order valence-electron chi connectivity index (χ2n) is 5.25. The highest BCUT2D eigenvalue weighted by Gasteiger charge is 2.23. The van der Waals surface area contributed by atoms with E-state index < -0.39 is 0 Å². The molecule has 2 aromatic heterocycles. The Balaban J connectivity index is 2.12. The van der Waals surface area contributed by atoms with Crippen molar-refractivity contribution < 1.29 is 0 Å². The molecule has 4 nitrogen and oxygen atoms in total. The fourth-order valence-corrected chi connectivity index (χ4v) is 3.57. The standard InChI is InChI=1S/C14H20N4S/c1-4-10-7-11-12(18-6-5-9(2)8-18)16-14(15-3)17-13(11)19-10/h7,9H,4-6,8H2,1-3H3,(H,15,16,17).